The maximum atomic E-state index is 5.12. The zero-order valence-corrected chi connectivity index (χ0v) is 24.6. The fourth-order valence-corrected chi connectivity index (χ4v) is 7.42. The summed E-state index contributed by atoms with van der Waals surface area (Å²) in [6.07, 6.45) is 1.91. The number of nitrogens with zero attached hydrogens (tertiary/aromatic N) is 3. The molecule has 0 unspecified atom stereocenters. The van der Waals surface area contributed by atoms with Gasteiger partial charge in [-0.1, -0.05) is 105 Å². The predicted octanol–water partition coefficient (Wildman–Crippen LogP) is 10.4. The SMILES string of the molecule is CC1(C)c2cc(-c3cccc(-c4nc5ccccc5n4-c4ccccc4)c3)ccc2-c2c1c1cccnc1c1ccccc21. The molecule has 0 fully saturated rings. The number of fused-ring (bicyclic) bond motifs is 9. The number of rotatable bonds is 3. The molecule has 208 valence electrons. The molecular weight excluding hydrogens is 534 g/mol. The van der Waals surface area contributed by atoms with E-state index < -0.39 is 0 Å². The number of imidazole rings is 1. The molecule has 8 aromatic rings. The lowest BCUT2D eigenvalue weighted by molar-refractivity contribution is 0.666. The third-order valence-electron chi connectivity index (χ3n) is 9.40. The molecule has 2 heterocycles. The average Bonchev–Trinajstić information content (AvgIpc) is 3.58. The fraction of sp³-hybridized carbons (Fsp3) is 0.0732. The Labute approximate surface area is 256 Å². The Morgan fingerprint density at radius 1 is 0.591 bits per heavy atom. The van der Waals surface area contributed by atoms with E-state index in [1.54, 1.807) is 0 Å². The van der Waals surface area contributed by atoms with Crippen LogP contribution in [0.4, 0.5) is 0 Å². The van der Waals surface area contributed by atoms with Gasteiger partial charge in [0.05, 0.1) is 16.6 Å². The van der Waals surface area contributed by atoms with Gasteiger partial charge in [0.15, 0.2) is 0 Å². The molecule has 3 heteroatoms. The van der Waals surface area contributed by atoms with Crippen LogP contribution in [-0.2, 0) is 5.41 Å². The van der Waals surface area contributed by atoms with Crippen molar-refractivity contribution in [3.63, 3.8) is 0 Å². The number of hydrogen-bond donors (Lipinski definition) is 0. The Balaban J connectivity index is 1.23. The van der Waals surface area contributed by atoms with E-state index in [4.69, 9.17) is 9.97 Å². The van der Waals surface area contributed by atoms with Gasteiger partial charge in [-0.3, -0.25) is 9.55 Å². The second-order valence-electron chi connectivity index (χ2n) is 12.3. The molecule has 0 N–H and O–H groups in total. The van der Waals surface area contributed by atoms with Gasteiger partial charge >= 0.3 is 0 Å². The molecule has 1 aliphatic carbocycles. The first-order chi connectivity index (χ1) is 21.6. The molecule has 1 aliphatic rings. The molecular formula is C41H29N3. The minimum absolute atomic E-state index is 0.176. The van der Waals surface area contributed by atoms with Crippen LogP contribution in [0.5, 0.6) is 0 Å². The van der Waals surface area contributed by atoms with Crippen LogP contribution in [-0.4, -0.2) is 14.5 Å². The van der Waals surface area contributed by atoms with Crippen molar-refractivity contribution in [1.29, 1.82) is 0 Å². The van der Waals surface area contributed by atoms with Gasteiger partial charge in [0.2, 0.25) is 0 Å². The number of hydrogen-bond acceptors (Lipinski definition) is 2. The summed E-state index contributed by atoms with van der Waals surface area (Å²) in [5, 5.41) is 3.73. The molecule has 0 spiro atoms. The first-order valence-electron chi connectivity index (χ1n) is 15.2. The molecule has 0 saturated carbocycles. The Morgan fingerprint density at radius 3 is 2.20 bits per heavy atom. The van der Waals surface area contributed by atoms with E-state index in [1.807, 2.05) is 6.20 Å². The zero-order chi connectivity index (χ0) is 29.4. The molecule has 0 amide bonds. The summed E-state index contributed by atoms with van der Waals surface area (Å²) in [4.78, 5) is 9.97. The summed E-state index contributed by atoms with van der Waals surface area (Å²) in [6.45, 7) is 4.72. The highest BCUT2D eigenvalue weighted by Crippen LogP contribution is 2.54. The molecule has 2 aromatic heterocycles. The van der Waals surface area contributed by atoms with Crippen LogP contribution in [0.25, 0.3) is 72.0 Å². The van der Waals surface area contributed by atoms with E-state index in [0.29, 0.717) is 0 Å². The fourth-order valence-electron chi connectivity index (χ4n) is 7.42. The summed E-state index contributed by atoms with van der Waals surface area (Å²) in [7, 11) is 0. The summed E-state index contributed by atoms with van der Waals surface area (Å²) >= 11 is 0. The van der Waals surface area contributed by atoms with Gasteiger partial charge in [-0.2, -0.15) is 0 Å². The molecule has 0 aliphatic heterocycles. The summed E-state index contributed by atoms with van der Waals surface area (Å²) in [5.74, 6) is 0.943. The highest BCUT2D eigenvalue weighted by Gasteiger charge is 2.38. The van der Waals surface area contributed by atoms with Gasteiger partial charge in [0.1, 0.15) is 5.82 Å². The second kappa shape index (κ2) is 9.23. The Kier molecular flexibility index (Phi) is 5.24. The van der Waals surface area contributed by atoms with Gasteiger partial charge in [-0.15, -0.1) is 0 Å². The number of benzene rings is 6. The van der Waals surface area contributed by atoms with Crippen molar-refractivity contribution in [1.82, 2.24) is 14.5 Å². The van der Waals surface area contributed by atoms with Crippen LogP contribution in [0.2, 0.25) is 0 Å². The maximum absolute atomic E-state index is 5.12. The van der Waals surface area contributed by atoms with Crippen LogP contribution in [0.1, 0.15) is 25.0 Å². The Hall–Kier alpha value is -5.54. The number of pyridine rings is 1. The third kappa shape index (κ3) is 3.50. The van der Waals surface area contributed by atoms with Crippen molar-refractivity contribution < 1.29 is 0 Å². The molecule has 0 saturated heterocycles. The molecule has 6 aromatic carbocycles. The van der Waals surface area contributed by atoms with Crippen molar-refractivity contribution in [3.8, 4) is 39.3 Å². The minimum atomic E-state index is -0.176. The predicted molar refractivity (Wildman–Crippen MR) is 182 cm³/mol. The summed E-state index contributed by atoms with van der Waals surface area (Å²) < 4.78 is 2.27. The molecule has 9 rings (SSSR count). The molecule has 0 bridgehead atoms. The lowest BCUT2D eigenvalue weighted by Gasteiger charge is -2.24. The largest absolute Gasteiger partial charge is 0.292 e. The first kappa shape index (κ1) is 25.0. The Morgan fingerprint density at radius 2 is 1.32 bits per heavy atom. The third-order valence-corrected chi connectivity index (χ3v) is 9.40. The van der Waals surface area contributed by atoms with E-state index in [-0.39, 0.29) is 5.41 Å². The van der Waals surface area contributed by atoms with Crippen LogP contribution in [0.15, 0.2) is 140 Å². The smallest absolute Gasteiger partial charge is 0.145 e. The van der Waals surface area contributed by atoms with Crippen LogP contribution in [0.3, 0.4) is 0 Å². The monoisotopic (exact) mass is 563 g/mol. The van der Waals surface area contributed by atoms with Gasteiger partial charge < -0.3 is 0 Å². The molecule has 3 nitrogen and oxygen atoms in total. The molecule has 0 radical (unpaired) electrons. The topological polar surface area (TPSA) is 30.7 Å². The van der Waals surface area contributed by atoms with Gasteiger partial charge in [-0.05, 0) is 81.2 Å². The van der Waals surface area contributed by atoms with Gasteiger partial charge in [-0.25, -0.2) is 4.98 Å². The Bertz CT molecular complexity index is 2410. The molecule has 44 heavy (non-hydrogen) atoms. The molecule has 0 atom stereocenters. The number of para-hydroxylation sites is 3. The van der Waals surface area contributed by atoms with E-state index in [9.17, 15) is 0 Å². The van der Waals surface area contributed by atoms with E-state index in [1.165, 1.54) is 49.5 Å². The summed E-state index contributed by atoms with van der Waals surface area (Å²) in [5.41, 5.74) is 13.0. The standard InChI is InChI=1S/C41H29N3/c1-41(2)34-25-27(21-22-32(34)37-30-16-6-7-17-31(30)39-33(38(37)41)18-11-23-42-39)26-12-10-13-28(24-26)40-43-35-19-8-9-20-36(35)44(40)29-14-4-3-5-15-29/h3-25H,1-2H3. The van der Waals surface area contributed by atoms with Crippen LogP contribution in [0, 0.1) is 0 Å². The average molecular weight is 564 g/mol. The van der Waals surface area contributed by atoms with E-state index in [0.717, 1.165) is 33.6 Å². The van der Waals surface area contributed by atoms with E-state index in [2.05, 4.69) is 152 Å². The van der Waals surface area contributed by atoms with Crippen molar-refractivity contribution in [3.05, 3.63) is 151 Å². The maximum Gasteiger partial charge on any atom is 0.145 e. The lowest BCUT2D eigenvalue weighted by atomic mass is 9.79. The van der Waals surface area contributed by atoms with Crippen molar-refractivity contribution in [2.24, 2.45) is 0 Å². The quantitative estimate of drug-likeness (QED) is 0.200. The van der Waals surface area contributed by atoms with E-state index >= 15 is 0 Å². The van der Waals surface area contributed by atoms with Crippen molar-refractivity contribution in [2.75, 3.05) is 0 Å². The van der Waals surface area contributed by atoms with Gasteiger partial charge in [0, 0.05) is 33.6 Å². The number of aromatic nitrogens is 3. The van der Waals surface area contributed by atoms with Crippen LogP contribution >= 0.6 is 0 Å². The first-order valence-corrected chi connectivity index (χ1v) is 15.2. The second-order valence-corrected chi connectivity index (χ2v) is 12.3. The summed E-state index contributed by atoms with van der Waals surface area (Å²) in [6, 6.07) is 47.7. The van der Waals surface area contributed by atoms with Crippen LogP contribution < -0.4 is 0 Å². The minimum Gasteiger partial charge on any atom is -0.292 e. The van der Waals surface area contributed by atoms with Crippen molar-refractivity contribution >= 4 is 32.7 Å². The normalized spacial score (nSPS) is 13.4. The van der Waals surface area contributed by atoms with Gasteiger partial charge in [0.25, 0.3) is 0 Å². The lowest BCUT2D eigenvalue weighted by Crippen LogP contribution is -2.16. The van der Waals surface area contributed by atoms with Crippen molar-refractivity contribution in [2.45, 2.75) is 19.3 Å². The highest BCUT2D eigenvalue weighted by atomic mass is 15.1. The highest BCUT2D eigenvalue weighted by molar-refractivity contribution is 6.17. The zero-order valence-electron chi connectivity index (χ0n) is 24.6.